The number of esters is 1. The fourth-order valence-corrected chi connectivity index (χ4v) is 3.50. The van der Waals surface area contributed by atoms with Crippen LogP contribution in [-0.2, 0) is 11.3 Å². The molecule has 2 aromatic carbocycles. The van der Waals surface area contributed by atoms with E-state index in [0.717, 1.165) is 10.6 Å². The van der Waals surface area contributed by atoms with Gasteiger partial charge in [-0.1, -0.05) is 29.8 Å². The molecule has 0 radical (unpaired) electrons. The SMILES string of the molecule is O=C(OCc1csc(-c2ccccc2Cl)n1)c1ccc2c(c1)OCO2. The van der Waals surface area contributed by atoms with E-state index in [4.69, 9.17) is 25.8 Å². The topological polar surface area (TPSA) is 57.7 Å². The molecule has 0 unspecified atom stereocenters. The fourth-order valence-electron chi connectivity index (χ4n) is 2.38. The van der Waals surface area contributed by atoms with Gasteiger partial charge in [-0.25, -0.2) is 9.78 Å². The molecule has 0 atom stereocenters. The van der Waals surface area contributed by atoms with Gasteiger partial charge in [0.05, 0.1) is 16.3 Å². The van der Waals surface area contributed by atoms with Gasteiger partial charge in [0, 0.05) is 10.9 Å². The second kappa shape index (κ2) is 6.74. The smallest absolute Gasteiger partial charge is 0.338 e. The molecule has 0 aliphatic carbocycles. The second-order valence-electron chi connectivity index (χ2n) is 5.27. The standard InChI is InChI=1S/C18H12ClNO4S/c19-14-4-2-1-3-13(14)17-20-12(9-25-17)8-22-18(21)11-5-6-15-16(7-11)24-10-23-15/h1-7,9H,8,10H2. The lowest BCUT2D eigenvalue weighted by Crippen LogP contribution is -2.05. The monoisotopic (exact) mass is 373 g/mol. The predicted octanol–water partition coefficient (Wildman–Crippen LogP) is 4.55. The summed E-state index contributed by atoms with van der Waals surface area (Å²) in [7, 11) is 0. The van der Waals surface area contributed by atoms with E-state index in [9.17, 15) is 4.79 Å². The van der Waals surface area contributed by atoms with Crippen LogP contribution in [0.25, 0.3) is 10.6 Å². The maximum atomic E-state index is 12.2. The van der Waals surface area contributed by atoms with Crippen LogP contribution in [0, 0.1) is 0 Å². The number of carbonyl (C=O) groups excluding carboxylic acids is 1. The first-order valence-corrected chi connectivity index (χ1v) is 8.72. The third-order valence-electron chi connectivity index (χ3n) is 3.62. The number of carbonyl (C=O) groups is 1. The van der Waals surface area contributed by atoms with Crippen molar-refractivity contribution in [2.75, 3.05) is 6.79 Å². The summed E-state index contributed by atoms with van der Waals surface area (Å²) in [4.78, 5) is 16.7. The summed E-state index contributed by atoms with van der Waals surface area (Å²) >= 11 is 7.64. The Bertz CT molecular complexity index is 940. The first kappa shape index (κ1) is 15.9. The molecule has 1 aromatic heterocycles. The van der Waals surface area contributed by atoms with Gasteiger partial charge in [0.2, 0.25) is 6.79 Å². The van der Waals surface area contributed by atoms with Crippen molar-refractivity contribution in [3.8, 4) is 22.1 Å². The van der Waals surface area contributed by atoms with Crippen LogP contribution in [0.5, 0.6) is 11.5 Å². The fraction of sp³-hybridized carbons (Fsp3) is 0.111. The molecule has 0 fully saturated rings. The number of thiazole rings is 1. The minimum atomic E-state index is -0.439. The van der Waals surface area contributed by atoms with Crippen LogP contribution < -0.4 is 9.47 Å². The lowest BCUT2D eigenvalue weighted by atomic mass is 10.2. The molecule has 0 saturated heterocycles. The van der Waals surface area contributed by atoms with Crippen LogP contribution in [0.2, 0.25) is 5.02 Å². The molecule has 1 aliphatic rings. The lowest BCUT2D eigenvalue weighted by Gasteiger charge is -2.04. The van der Waals surface area contributed by atoms with Crippen molar-refractivity contribution in [1.82, 2.24) is 4.98 Å². The van der Waals surface area contributed by atoms with Crippen LogP contribution >= 0.6 is 22.9 Å². The molecule has 2 heterocycles. The summed E-state index contributed by atoms with van der Waals surface area (Å²) in [5.41, 5.74) is 1.95. The number of halogens is 1. The average molecular weight is 374 g/mol. The molecule has 0 amide bonds. The van der Waals surface area contributed by atoms with Crippen molar-refractivity contribution < 1.29 is 19.0 Å². The molecule has 1 aliphatic heterocycles. The highest BCUT2D eigenvalue weighted by Crippen LogP contribution is 2.33. The second-order valence-corrected chi connectivity index (χ2v) is 6.53. The van der Waals surface area contributed by atoms with Gasteiger partial charge < -0.3 is 14.2 Å². The summed E-state index contributed by atoms with van der Waals surface area (Å²) in [5.74, 6) is 0.732. The first-order chi connectivity index (χ1) is 12.2. The average Bonchev–Trinajstić information content (AvgIpc) is 3.28. The largest absolute Gasteiger partial charge is 0.456 e. The number of hydrogen-bond donors (Lipinski definition) is 0. The van der Waals surface area contributed by atoms with E-state index in [-0.39, 0.29) is 13.4 Å². The molecule has 7 heteroatoms. The van der Waals surface area contributed by atoms with E-state index in [1.54, 1.807) is 18.2 Å². The number of benzene rings is 2. The van der Waals surface area contributed by atoms with Gasteiger partial charge in [0.1, 0.15) is 11.6 Å². The molecule has 25 heavy (non-hydrogen) atoms. The molecule has 3 aromatic rings. The molecule has 4 rings (SSSR count). The van der Waals surface area contributed by atoms with Crippen LogP contribution in [0.15, 0.2) is 47.8 Å². The Morgan fingerprint density at radius 3 is 2.92 bits per heavy atom. The van der Waals surface area contributed by atoms with Gasteiger partial charge in [-0.2, -0.15) is 0 Å². The van der Waals surface area contributed by atoms with Crippen LogP contribution in [-0.4, -0.2) is 17.7 Å². The Hall–Kier alpha value is -2.57. The number of ether oxygens (including phenoxy) is 3. The first-order valence-electron chi connectivity index (χ1n) is 7.47. The molecule has 0 spiro atoms. The van der Waals surface area contributed by atoms with Crippen molar-refractivity contribution in [3.63, 3.8) is 0 Å². The van der Waals surface area contributed by atoms with E-state index in [0.29, 0.717) is 27.8 Å². The lowest BCUT2D eigenvalue weighted by molar-refractivity contribution is 0.0468. The highest BCUT2D eigenvalue weighted by atomic mass is 35.5. The molecule has 126 valence electrons. The van der Waals surface area contributed by atoms with Crippen LogP contribution in [0.4, 0.5) is 0 Å². The Morgan fingerprint density at radius 2 is 2.04 bits per heavy atom. The molecular formula is C18H12ClNO4S. The summed E-state index contributed by atoms with van der Waals surface area (Å²) < 4.78 is 15.8. The predicted molar refractivity (Wildman–Crippen MR) is 94.2 cm³/mol. The van der Waals surface area contributed by atoms with E-state index in [1.807, 2.05) is 29.6 Å². The molecule has 0 saturated carbocycles. The summed E-state index contributed by atoms with van der Waals surface area (Å²) in [6.45, 7) is 0.256. The summed E-state index contributed by atoms with van der Waals surface area (Å²) in [6, 6.07) is 12.4. The number of fused-ring (bicyclic) bond motifs is 1. The third kappa shape index (κ3) is 3.31. The van der Waals surface area contributed by atoms with Crippen molar-refractivity contribution >= 4 is 28.9 Å². The van der Waals surface area contributed by atoms with Crippen LogP contribution in [0.1, 0.15) is 16.1 Å². The van der Waals surface area contributed by atoms with Crippen molar-refractivity contribution in [1.29, 1.82) is 0 Å². The molecule has 5 nitrogen and oxygen atoms in total. The molecular weight excluding hydrogens is 362 g/mol. The molecule has 0 N–H and O–H groups in total. The highest BCUT2D eigenvalue weighted by Gasteiger charge is 2.17. The van der Waals surface area contributed by atoms with Crippen molar-refractivity contribution in [2.45, 2.75) is 6.61 Å². The Balaban J connectivity index is 1.43. The quantitative estimate of drug-likeness (QED) is 0.628. The van der Waals surface area contributed by atoms with E-state index >= 15 is 0 Å². The zero-order valence-corrected chi connectivity index (χ0v) is 14.5. The van der Waals surface area contributed by atoms with Gasteiger partial charge >= 0.3 is 5.97 Å². The Labute approximate surface area is 152 Å². The van der Waals surface area contributed by atoms with Gasteiger partial charge in [-0.15, -0.1) is 11.3 Å². The molecule has 0 bridgehead atoms. The van der Waals surface area contributed by atoms with E-state index in [1.165, 1.54) is 11.3 Å². The number of aromatic nitrogens is 1. The summed E-state index contributed by atoms with van der Waals surface area (Å²) in [6.07, 6.45) is 0. The van der Waals surface area contributed by atoms with Gasteiger partial charge in [0.25, 0.3) is 0 Å². The van der Waals surface area contributed by atoms with Crippen LogP contribution in [0.3, 0.4) is 0 Å². The highest BCUT2D eigenvalue weighted by molar-refractivity contribution is 7.13. The minimum absolute atomic E-state index is 0.0915. The van der Waals surface area contributed by atoms with Gasteiger partial charge in [-0.05, 0) is 24.3 Å². The van der Waals surface area contributed by atoms with E-state index < -0.39 is 5.97 Å². The number of nitrogens with zero attached hydrogens (tertiary/aromatic N) is 1. The third-order valence-corrected chi connectivity index (χ3v) is 4.87. The zero-order valence-electron chi connectivity index (χ0n) is 12.9. The van der Waals surface area contributed by atoms with Crippen molar-refractivity contribution in [3.05, 3.63) is 64.1 Å². The Kier molecular flexibility index (Phi) is 4.29. The number of rotatable bonds is 4. The number of hydrogen-bond acceptors (Lipinski definition) is 6. The Morgan fingerprint density at radius 1 is 1.20 bits per heavy atom. The normalized spacial score (nSPS) is 12.2. The minimum Gasteiger partial charge on any atom is -0.456 e. The van der Waals surface area contributed by atoms with E-state index in [2.05, 4.69) is 4.98 Å². The summed E-state index contributed by atoms with van der Waals surface area (Å²) in [5, 5.41) is 3.28. The van der Waals surface area contributed by atoms with Crippen molar-refractivity contribution in [2.24, 2.45) is 0 Å². The zero-order chi connectivity index (χ0) is 17.2. The maximum absolute atomic E-state index is 12.2. The van der Waals surface area contributed by atoms with Gasteiger partial charge in [0.15, 0.2) is 11.5 Å². The maximum Gasteiger partial charge on any atom is 0.338 e. The van der Waals surface area contributed by atoms with Gasteiger partial charge in [-0.3, -0.25) is 0 Å².